The highest BCUT2D eigenvalue weighted by Crippen LogP contribution is 2.22. The lowest BCUT2D eigenvalue weighted by molar-refractivity contribution is -0.694. The number of hydrogen-bond donors (Lipinski definition) is 1. The molecule has 0 amide bonds. The van der Waals surface area contributed by atoms with E-state index in [9.17, 15) is 0 Å². The van der Waals surface area contributed by atoms with Crippen molar-refractivity contribution in [3.8, 4) is 5.75 Å². The highest BCUT2D eigenvalue weighted by atomic mass is 127. The third kappa shape index (κ3) is 9.07. The van der Waals surface area contributed by atoms with Crippen LogP contribution in [0.5, 0.6) is 5.75 Å². The van der Waals surface area contributed by atoms with E-state index in [1.165, 1.54) is 27.8 Å². The number of nitrogens with one attached hydrogen (secondary N) is 1. The molecule has 1 heterocycles. The second-order valence-electron chi connectivity index (χ2n) is 9.02. The topological polar surface area (TPSA) is 25.1 Å². The maximum absolute atomic E-state index is 6.12. The molecule has 3 aromatic carbocycles. The molecule has 0 radical (unpaired) electrons. The van der Waals surface area contributed by atoms with Crippen molar-refractivity contribution in [2.75, 3.05) is 6.54 Å². The van der Waals surface area contributed by atoms with Crippen molar-refractivity contribution >= 4 is 0 Å². The van der Waals surface area contributed by atoms with Gasteiger partial charge in [-0.1, -0.05) is 72.8 Å². The molecule has 4 heteroatoms. The maximum Gasteiger partial charge on any atom is 0.172 e. The van der Waals surface area contributed by atoms with Gasteiger partial charge in [0.2, 0.25) is 0 Å². The van der Waals surface area contributed by atoms with E-state index in [0.29, 0.717) is 6.61 Å². The Morgan fingerprint density at radius 3 is 2.22 bits per heavy atom. The van der Waals surface area contributed by atoms with Crippen molar-refractivity contribution in [3.05, 3.63) is 131 Å². The van der Waals surface area contributed by atoms with E-state index in [0.717, 1.165) is 51.1 Å². The maximum atomic E-state index is 6.12. The summed E-state index contributed by atoms with van der Waals surface area (Å²) in [7, 11) is 0. The Balaban J connectivity index is 0.00000361. The first-order valence-corrected chi connectivity index (χ1v) is 12.8. The summed E-state index contributed by atoms with van der Waals surface area (Å²) in [4.78, 5) is 0. The Morgan fingerprint density at radius 1 is 0.694 bits per heavy atom. The molecular formula is C32H37IN2O. The van der Waals surface area contributed by atoms with Crippen LogP contribution < -0.4 is 38.6 Å². The van der Waals surface area contributed by atoms with Crippen molar-refractivity contribution in [2.24, 2.45) is 0 Å². The number of rotatable bonds is 13. The summed E-state index contributed by atoms with van der Waals surface area (Å²) in [6.07, 6.45) is 8.62. The van der Waals surface area contributed by atoms with Crippen LogP contribution >= 0.6 is 0 Å². The zero-order chi connectivity index (χ0) is 24.1. The first-order chi connectivity index (χ1) is 17.3. The summed E-state index contributed by atoms with van der Waals surface area (Å²) >= 11 is 0. The van der Waals surface area contributed by atoms with E-state index in [1.54, 1.807) is 0 Å². The van der Waals surface area contributed by atoms with Gasteiger partial charge in [-0.2, -0.15) is 0 Å². The van der Waals surface area contributed by atoms with Gasteiger partial charge in [0.05, 0.1) is 0 Å². The van der Waals surface area contributed by atoms with Crippen LogP contribution in [0.3, 0.4) is 0 Å². The molecule has 188 valence electrons. The molecule has 0 bridgehead atoms. The zero-order valence-corrected chi connectivity index (χ0v) is 23.4. The average molecular weight is 593 g/mol. The predicted octanol–water partition coefficient (Wildman–Crippen LogP) is 3.08. The summed E-state index contributed by atoms with van der Waals surface area (Å²) in [6, 6.07) is 32.2. The molecule has 0 saturated heterocycles. The van der Waals surface area contributed by atoms with Gasteiger partial charge in [-0.15, -0.1) is 0 Å². The minimum absolute atomic E-state index is 0. The van der Waals surface area contributed by atoms with Gasteiger partial charge in [0, 0.05) is 18.2 Å². The second-order valence-corrected chi connectivity index (χ2v) is 9.02. The van der Waals surface area contributed by atoms with Crippen LogP contribution in [0, 0.1) is 0 Å². The van der Waals surface area contributed by atoms with Gasteiger partial charge in [-0.05, 0) is 73.5 Å². The number of aryl methyl sites for hydroxylation is 3. The van der Waals surface area contributed by atoms with Crippen LogP contribution in [0.4, 0.5) is 0 Å². The van der Waals surface area contributed by atoms with Crippen molar-refractivity contribution in [1.82, 2.24) is 5.32 Å². The Hall–Kier alpha value is -2.70. The molecule has 36 heavy (non-hydrogen) atoms. The largest absolute Gasteiger partial charge is 1.00 e. The van der Waals surface area contributed by atoms with E-state index in [1.807, 2.05) is 6.07 Å². The normalized spacial score (nSPS) is 10.6. The fourth-order valence-corrected chi connectivity index (χ4v) is 4.28. The molecule has 0 aliphatic carbocycles. The van der Waals surface area contributed by atoms with Crippen molar-refractivity contribution in [3.63, 3.8) is 0 Å². The zero-order valence-electron chi connectivity index (χ0n) is 21.2. The van der Waals surface area contributed by atoms with Crippen LogP contribution in [0.1, 0.15) is 41.2 Å². The van der Waals surface area contributed by atoms with Crippen LogP contribution in [-0.2, 0) is 39.0 Å². The van der Waals surface area contributed by atoms with Gasteiger partial charge in [0.25, 0.3) is 0 Å². The summed E-state index contributed by atoms with van der Waals surface area (Å²) in [5.41, 5.74) is 6.59. The van der Waals surface area contributed by atoms with Gasteiger partial charge in [-0.3, -0.25) is 0 Å². The number of hydrogen-bond acceptors (Lipinski definition) is 2. The van der Waals surface area contributed by atoms with E-state index in [-0.39, 0.29) is 24.0 Å². The lowest BCUT2D eigenvalue weighted by atomic mass is 10.0. The van der Waals surface area contributed by atoms with Gasteiger partial charge >= 0.3 is 0 Å². The monoisotopic (exact) mass is 592 g/mol. The van der Waals surface area contributed by atoms with Gasteiger partial charge < -0.3 is 34.0 Å². The number of pyridine rings is 1. The summed E-state index contributed by atoms with van der Waals surface area (Å²) in [6.45, 7) is 5.69. The number of nitrogens with zero attached hydrogens (tertiary/aromatic N) is 1. The molecule has 0 fully saturated rings. The number of aromatic nitrogens is 1. The van der Waals surface area contributed by atoms with E-state index in [2.05, 4.69) is 114 Å². The van der Waals surface area contributed by atoms with Crippen LogP contribution in [-0.4, -0.2) is 6.54 Å². The minimum atomic E-state index is 0. The molecular weight excluding hydrogens is 555 g/mol. The fraction of sp³-hybridized carbons (Fsp3) is 0.281. The SMILES string of the molecule is CC[n+]1cccc(CCNCc2ccc(CCCc3ccccc3OCc3ccccc3)cc2)c1.[I-]. The highest BCUT2D eigenvalue weighted by molar-refractivity contribution is 5.34. The molecule has 1 N–H and O–H groups in total. The lowest BCUT2D eigenvalue weighted by Gasteiger charge is -2.12. The molecule has 1 aromatic heterocycles. The van der Waals surface area contributed by atoms with Crippen molar-refractivity contribution in [1.29, 1.82) is 0 Å². The molecule has 0 atom stereocenters. The summed E-state index contributed by atoms with van der Waals surface area (Å²) in [5.74, 6) is 0.998. The smallest absolute Gasteiger partial charge is 0.172 e. The summed E-state index contributed by atoms with van der Waals surface area (Å²) < 4.78 is 8.35. The number of halogens is 1. The first kappa shape index (κ1) is 27.9. The molecule has 4 rings (SSSR count). The molecule has 0 saturated carbocycles. The quantitative estimate of drug-likeness (QED) is 0.147. The van der Waals surface area contributed by atoms with E-state index < -0.39 is 0 Å². The number of para-hydroxylation sites is 1. The molecule has 4 aromatic rings. The van der Waals surface area contributed by atoms with Gasteiger partial charge in [0.1, 0.15) is 18.9 Å². The standard InChI is InChI=1S/C32H37N2O.HI/c1-2-34-23-9-13-29(25-34)21-22-33-24-28-19-17-27(18-20-28)12-8-15-31-14-6-7-16-32(31)35-26-30-10-4-3-5-11-30;/h3-7,9-11,13-14,16-20,23,25,33H,2,8,12,15,21-22,24,26H2,1H3;1H/q+1;/p-1. The predicted molar refractivity (Wildman–Crippen MR) is 143 cm³/mol. The van der Waals surface area contributed by atoms with Crippen molar-refractivity contribution < 1.29 is 33.3 Å². The molecule has 0 spiro atoms. The average Bonchev–Trinajstić information content (AvgIpc) is 2.92. The number of ether oxygens (including phenoxy) is 1. The third-order valence-corrected chi connectivity index (χ3v) is 6.35. The van der Waals surface area contributed by atoms with E-state index >= 15 is 0 Å². The van der Waals surface area contributed by atoms with Crippen molar-refractivity contribution in [2.45, 2.75) is 52.3 Å². The Kier molecular flexibility index (Phi) is 11.9. The summed E-state index contributed by atoms with van der Waals surface area (Å²) in [5, 5.41) is 3.58. The Bertz CT molecular complexity index is 1160. The highest BCUT2D eigenvalue weighted by Gasteiger charge is 2.05. The fourth-order valence-electron chi connectivity index (χ4n) is 4.28. The van der Waals surface area contributed by atoms with Gasteiger partial charge in [0.15, 0.2) is 12.4 Å². The Labute approximate surface area is 233 Å². The molecule has 3 nitrogen and oxygen atoms in total. The molecule has 0 unspecified atom stereocenters. The van der Waals surface area contributed by atoms with Crippen LogP contribution in [0.15, 0.2) is 103 Å². The van der Waals surface area contributed by atoms with E-state index in [4.69, 9.17) is 4.74 Å². The Morgan fingerprint density at radius 2 is 1.42 bits per heavy atom. The minimum Gasteiger partial charge on any atom is -1.00 e. The lowest BCUT2D eigenvalue weighted by Crippen LogP contribution is -3.00. The molecule has 0 aliphatic rings. The van der Waals surface area contributed by atoms with Crippen LogP contribution in [0.25, 0.3) is 0 Å². The van der Waals surface area contributed by atoms with Crippen LogP contribution in [0.2, 0.25) is 0 Å². The second kappa shape index (κ2) is 15.4. The third-order valence-electron chi connectivity index (χ3n) is 6.35. The molecule has 0 aliphatic heterocycles. The number of benzene rings is 3. The first-order valence-electron chi connectivity index (χ1n) is 12.8. The van der Waals surface area contributed by atoms with Gasteiger partial charge in [-0.25, -0.2) is 4.57 Å².